The Morgan fingerprint density at radius 1 is 0.833 bits per heavy atom. The molecule has 0 amide bonds. The van der Waals surface area contributed by atoms with Gasteiger partial charge in [0.25, 0.3) is 0 Å². The van der Waals surface area contributed by atoms with Crippen molar-refractivity contribution >= 4 is 68.8 Å². The number of hydrogen-bond donors (Lipinski definition) is 1. The van der Waals surface area contributed by atoms with Crippen LogP contribution >= 0.6 is 58.0 Å². The van der Waals surface area contributed by atoms with Gasteiger partial charge in [-0.2, -0.15) is 0 Å². The number of rotatable bonds is 1. The van der Waals surface area contributed by atoms with Crippen molar-refractivity contribution in [1.29, 1.82) is 0 Å². The van der Waals surface area contributed by atoms with Gasteiger partial charge in [-0.1, -0.05) is 94.4 Å². The largest absolute Gasteiger partial charge is 0.507 e. The lowest BCUT2D eigenvalue weighted by Gasteiger charge is -2.28. The highest BCUT2D eigenvalue weighted by atomic mass is 35.6. The SMILES string of the molecule is Oc1c(C(Cl)(Cl)C(Cl)(Cl)Cl)ccc2ccccc12. The van der Waals surface area contributed by atoms with Crippen molar-refractivity contribution in [2.75, 3.05) is 0 Å². The van der Waals surface area contributed by atoms with Crippen molar-refractivity contribution in [3.8, 4) is 5.75 Å². The summed E-state index contributed by atoms with van der Waals surface area (Å²) in [5.41, 5.74) is 0.157. The van der Waals surface area contributed by atoms with E-state index in [1.807, 2.05) is 12.1 Å². The molecule has 0 heterocycles. The number of aromatic hydroxyl groups is 1. The van der Waals surface area contributed by atoms with Crippen molar-refractivity contribution < 1.29 is 5.11 Å². The van der Waals surface area contributed by atoms with Crippen molar-refractivity contribution in [2.45, 2.75) is 8.13 Å². The van der Waals surface area contributed by atoms with Crippen molar-refractivity contribution in [3.63, 3.8) is 0 Å². The summed E-state index contributed by atoms with van der Waals surface area (Å²) in [5, 5.41) is 11.6. The van der Waals surface area contributed by atoms with Gasteiger partial charge in [0.2, 0.25) is 3.79 Å². The highest BCUT2D eigenvalue weighted by Gasteiger charge is 2.49. The second kappa shape index (κ2) is 4.81. The minimum absolute atomic E-state index is 0.0931. The predicted octanol–water partition coefficient (Wildman–Crippen LogP) is 5.55. The Hall–Kier alpha value is -0.0500. The van der Waals surface area contributed by atoms with Crippen LogP contribution in [0, 0.1) is 0 Å². The van der Waals surface area contributed by atoms with Crippen molar-refractivity contribution in [3.05, 3.63) is 42.0 Å². The van der Waals surface area contributed by atoms with Crippen LogP contribution in [0.15, 0.2) is 36.4 Å². The number of phenols is 1. The van der Waals surface area contributed by atoms with Gasteiger partial charge in [-0.15, -0.1) is 0 Å². The molecule has 0 aliphatic heterocycles. The molecule has 1 nitrogen and oxygen atoms in total. The molecule has 0 radical (unpaired) electrons. The normalized spacial score (nSPS) is 12.9. The molecule has 2 rings (SSSR count). The van der Waals surface area contributed by atoms with Gasteiger partial charge in [0.05, 0.1) is 0 Å². The Balaban J connectivity index is 2.70. The van der Waals surface area contributed by atoms with Crippen LogP contribution in [0.1, 0.15) is 5.56 Å². The van der Waals surface area contributed by atoms with E-state index >= 15 is 0 Å². The highest BCUT2D eigenvalue weighted by molar-refractivity contribution is 6.75. The zero-order valence-electron chi connectivity index (χ0n) is 8.80. The van der Waals surface area contributed by atoms with E-state index < -0.39 is 8.13 Å². The molecule has 2 aromatic carbocycles. The molecule has 0 bridgehead atoms. The lowest BCUT2D eigenvalue weighted by atomic mass is 10.0. The molecule has 0 saturated heterocycles. The van der Waals surface area contributed by atoms with E-state index in [1.165, 1.54) is 0 Å². The topological polar surface area (TPSA) is 20.2 Å². The zero-order chi connectivity index (χ0) is 13.6. The average molecular weight is 344 g/mol. The summed E-state index contributed by atoms with van der Waals surface area (Å²) in [5.74, 6) is -0.0931. The Bertz CT molecular complexity index is 589. The molecule has 96 valence electrons. The molecular formula is C12H7Cl5O. The number of benzene rings is 2. The lowest BCUT2D eigenvalue weighted by molar-refractivity contribution is 0.471. The first-order valence-electron chi connectivity index (χ1n) is 4.91. The molecule has 0 atom stereocenters. The molecule has 0 aliphatic carbocycles. The number of phenolic OH excluding ortho intramolecular Hbond substituents is 1. The monoisotopic (exact) mass is 342 g/mol. The molecule has 6 heteroatoms. The molecule has 0 aliphatic rings. The Morgan fingerprint density at radius 3 is 2.06 bits per heavy atom. The van der Waals surface area contributed by atoms with Crippen molar-refractivity contribution in [2.24, 2.45) is 0 Å². The molecule has 0 fully saturated rings. The summed E-state index contributed by atoms with van der Waals surface area (Å²) in [4.78, 5) is 0. The predicted molar refractivity (Wildman–Crippen MR) is 79.3 cm³/mol. The molecule has 2 aromatic rings. The van der Waals surface area contributed by atoms with Gasteiger partial charge < -0.3 is 5.11 Å². The minimum Gasteiger partial charge on any atom is -0.507 e. The first-order chi connectivity index (χ1) is 8.25. The van der Waals surface area contributed by atoms with Gasteiger partial charge in [-0.05, 0) is 5.39 Å². The Morgan fingerprint density at radius 2 is 1.44 bits per heavy atom. The van der Waals surface area contributed by atoms with Crippen LogP contribution in [-0.2, 0) is 4.33 Å². The van der Waals surface area contributed by atoms with Crippen LogP contribution in [0.25, 0.3) is 10.8 Å². The second-order valence-electron chi connectivity index (χ2n) is 3.76. The van der Waals surface area contributed by atoms with Gasteiger partial charge >= 0.3 is 0 Å². The van der Waals surface area contributed by atoms with E-state index in [1.54, 1.807) is 24.3 Å². The van der Waals surface area contributed by atoms with Gasteiger partial charge in [-0.25, -0.2) is 0 Å². The maximum Gasteiger partial charge on any atom is 0.227 e. The lowest BCUT2D eigenvalue weighted by Crippen LogP contribution is -2.28. The minimum atomic E-state index is -1.96. The molecular weight excluding hydrogens is 337 g/mol. The highest BCUT2D eigenvalue weighted by Crippen LogP contribution is 2.55. The third-order valence-electron chi connectivity index (χ3n) is 2.59. The first kappa shape index (κ1) is 14.4. The van der Waals surface area contributed by atoms with Crippen LogP contribution in [-0.4, -0.2) is 8.90 Å². The standard InChI is InChI=1S/C12H7Cl5O/c13-11(14,12(15,16)17)9-6-5-7-3-1-2-4-8(7)10(9)18/h1-6,18H. The summed E-state index contributed by atoms with van der Waals surface area (Å²) in [6.07, 6.45) is 0. The maximum atomic E-state index is 10.2. The third kappa shape index (κ3) is 2.35. The number of alkyl halides is 5. The van der Waals surface area contributed by atoms with Gasteiger partial charge in [-0.3, -0.25) is 0 Å². The third-order valence-corrected chi connectivity index (χ3v) is 5.00. The summed E-state index contributed by atoms with van der Waals surface area (Å²) < 4.78 is -3.80. The van der Waals surface area contributed by atoms with Gasteiger partial charge in [0.15, 0.2) is 4.33 Å². The number of fused-ring (bicyclic) bond motifs is 1. The van der Waals surface area contributed by atoms with E-state index in [-0.39, 0.29) is 11.3 Å². The summed E-state index contributed by atoms with van der Waals surface area (Å²) in [7, 11) is 0. The smallest absolute Gasteiger partial charge is 0.227 e. The van der Waals surface area contributed by atoms with Gasteiger partial charge in [0.1, 0.15) is 5.75 Å². The fraction of sp³-hybridized carbons (Fsp3) is 0.167. The zero-order valence-corrected chi connectivity index (χ0v) is 12.6. The molecule has 0 aromatic heterocycles. The molecule has 0 unspecified atom stereocenters. The van der Waals surface area contributed by atoms with E-state index in [0.29, 0.717) is 5.39 Å². The van der Waals surface area contributed by atoms with E-state index in [4.69, 9.17) is 58.0 Å². The molecule has 0 saturated carbocycles. The second-order valence-corrected chi connectivity index (χ2v) is 7.36. The summed E-state index contributed by atoms with van der Waals surface area (Å²) in [6.45, 7) is 0. The van der Waals surface area contributed by atoms with Gasteiger partial charge in [0, 0.05) is 10.9 Å². The van der Waals surface area contributed by atoms with Crippen molar-refractivity contribution in [1.82, 2.24) is 0 Å². The van der Waals surface area contributed by atoms with Crippen LogP contribution in [0.3, 0.4) is 0 Å². The fourth-order valence-corrected chi connectivity index (χ4v) is 2.27. The first-order valence-corrected chi connectivity index (χ1v) is 6.80. The van der Waals surface area contributed by atoms with E-state index in [0.717, 1.165) is 5.39 Å². The number of halogens is 5. The Labute approximate surface area is 129 Å². The van der Waals surface area contributed by atoms with Crippen LogP contribution in [0.5, 0.6) is 5.75 Å². The number of hydrogen-bond acceptors (Lipinski definition) is 1. The van der Waals surface area contributed by atoms with Crippen LogP contribution in [0.2, 0.25) is 0 Å². The molecule has 18 heavy (non-hydrogen) atoms. The van der Waals surface area contributed by atoms with E-state index in [2.05, 4.69) is 0 Å². The quantitative estimate of drug-likeness (QED) is 0.673. The van der Waals surface area contributed by atoms with E-state index in [9.17, 15) is 5.11 Å². The molecule has 1 N–H and O–H groups in total. The van der Waals surface area contributed by atoms with Crippen LogP contribution in [0.4, 0.5) is 0 Å². The maximum absolute atomic E-state index is 10.2. The van der Waals surface area contributed by atoms with Crippen LogP contribution < -0.4 is 0 Å². The fourth-order valence-electron chi connectivity index (χ4n) is 1.66. The summed E-state index contributed by atoms with van der Waals surface area (Å²) in [6, 6.07) is 10.5. The molecule has 0 spiro atoms. The average Bonchev–Trinajstić information content (AvgIpc) is 2.28. The summed E-state index contributed by atoms with van der Waals surface area (Å²) >= 11 is 29.3. The Kier molecular flexibility index (Phi) is 3.84.